The Morgan fingerprint density at radius 3 is 2.09 bits per heavy atom. The normalized spacial score (nSPS) is 11.8. The molecule has 0 radical (unpaired) electrons. The highest BCUT2D eigenvalue weighted by Gasteiger charge is 2.07. The van der Waals surface area contributed by atoms with Gasteiger partial charge >= 0.3 is 6.09 Å². The molecule has 0 heterocycles. The number of unbranched alkanes of at least 4 members (excludes halogenated alkanes) is 1. The summed E-state index contributed by atoms with van der Waals surface area (Å²) in [6.45, 7) is 15.4. The summed E-state index contributed by atoms with van der Waals surface area (Å²) >= 11 is 0. The van der Waals surface area contributed by atoms with Crippen molar-refractivity contribution in [1.29, 1.82) is 0 Å². The van der Waals surface area contributed by atoms with Gasteiger partial charge in [0.15, 0.2) is 0 Å². The molecule has 1 aromatic carbocycles. The van der Waals surface area contributed by atoms with Crippen molar-refractivity contribution in [2.45, 2.75) is 89.9 Å². The minimum atomic E-state index is -0.438. The van der Waals surface area contributed by atoms with Crippen molar-refractivity contribution in [3.63, 3.8) is 0 Å². The third-order valence-electron chi connectivity index (χ3n) is 6.00. The van der Waals surface area contributed by atoms with Gasteiger partial charge in [0.25, 0.3) is 0 Å². The Kier molecular flexibility index (Phi) is 25.2. The molecule has 0 aromatic heterocycles. The van der Waals surface area contributed by atoms with Crippen molar-refractivity contribution in [1.82, 2.24) is 5.32 Å². The molecule has 0 fully saturated rings. The first kappa shape index (κ1) is 40.3. The number of carbonyl (C=O) groups excluding carboxylic acids is 2. The van der Waals surface area contributed by atoms with Crippen LogP contribution < -0.4 is 5.32 Å². The van der Waals surface area contributed by atoms with E-state index in [1.807, 2.05) is 45.0 Å². The first-order valence-corrected chi connectivity index (χ1v) is 18.1. The van der Waals surface area contributed by atoms with Crippen molar-refractivity contribution in [3.05, 3.63) is 29.8 Å². The zero-order valence-electron chi connectivity index (χ0n) is 27.5. The van der Waals surface area contributed by atoms with Crippen molar-refractivity contribution < 1.29 is 33.3 Å². The van der Waals surface area contributed by atoms with Crippen LogP contribution in [0.4, 0.5) is 4.79 Å². The number of nitrogens with one attached hydrogen (secondary N) is 1. The van der Waals surface area contributed by atoms with Crippen LogP contribution in [0.1, 0.15) is 78.7 Å². The Morgan fingerprint density at radius 2 is 1.43 bits per heavy atom. The quantitative estimate of drug-likeness (QED) is 0.0477. The molecule has 0 saturated carbocycles. The molecule has 10 heteroatoms. The van der Waals surface area contributed by atoms with Gasteiger partial charge in [-0.15, -0.1) is 0 Å². The molecule has 0 aliphatic rings. The fourth-order valence-corrected chi connectivity index (χ4v) is 5.56. The highest BCUT2D eigenvalue weighted by molar-refractivity contribution is 8.76. The van der Waals surface area contributed by atoms with Crippen LogP contribution >= 0.6 is 21.6 Å². The third kappa shape index (κ3) is 25.6. The van der Waals surface area contributed by atoms with E-state index >= 15 is 0 Å². The van der Waals surface area contributed by atoms with E-state index in [-0.39, 0.29) is 17.1 Å². The summed E-state index contributed by atoms with van der Waals surface area (Å²) in [4.78, 5) is 25.1. The van der Waals surface area contributed by atoms with E-state index in [0.717, 1.165) is 48.7 Å². The van der Waals surface area contributed by atoms with Gasteiger partial charge in [-0.1, -0.05) is 73.3 Å². The Labute approximate surface area is 274 Å². The lowest BCUT2D eigenvalue weighted by atomic mass is 10.1. The van der Waals surface area contributed by atoms with Crippen molar-refractivity contribution >= 4 is 33.5 Å². The van der Waals surface area contributed by atoms with Gasteiger partial charge in [-0.3, -0.25) is 4.79 Å². The number of hydrogen-bond acceptors (Lipinski definition) is 9. The summed E-state index contributed by atoms with van der Waals surface area (Å²) in [7, 11) is 3.30. The van der Waals surface area contributed by atoms with Gasteiger partial charge < -0.3 is 29.0 Å². The fourth-order valence-electron chi connectivity index (χ4n) is 3.68. The molecule has 0 saturated heterocycles. The fraction of sp³-hybridized carbons (Fsp3) is 0.706. The monoisotopic (exact) mass is 653 g/mol. The average Bonchev–Trinajstić information content (AvgIpc) is 2.98. The van der Waals surface area contributed by atoms with E-state index in [0.29, 0.717) is 65.6 Å². The number of hydrogen-bond donors (Lipinski definition) is 1. The number of rotatable bonds is 26. The predicted molar refractivity (Wildman–Crippen MR) is 181 cm³/mol. The Bertz CT molecular complexity index is 932. The van der Waals surface area contributed by atoms with Crippen LogP contribution in [0.2, 0.25) is 0 Å². The number of benzene rings is 1. The second-order valence-electron chi connectivity index (χ2n) is 11.1. The zero-order valence-corrected chi connectivity index (χ0v) is 29.2. The molecule has 250 valence electrons. The molecule has 8 nitrogen and oxygen atoms in total. The van der Waals surface area contributed by atoms with Crippen LogP contribution in [-0.2, 0) is 34.9 Å². The van der Waals surface area contributed by atoms with E-state index in [2.05, 4.69) is 31.0 Å². The van der Waals surface area contributed by atoms with Gasteiger partial charge in [0.2, 0.25) is 0 Å². The Hall–Kier alpha value is -1.74. The summed E-state index contributed by atoms with van der Waals surface area (Å²) < 4.78 is 27.6. The Balaban J connectivity index is 2.00. The van der Waals surface area contributed by atoms with Crippen LogP contribution in [-0.4, -0.2) is 76.7 Å². The first-order chi connectivity index (χ1) is 21.3. The standard InChI is InChI=1S/C34H55NO7S2/c1-28(2)11-8-18-35-34(37)42-22-7-6-21-41-30(5)43-44-33-16-14-31(15-17-33)27-32(36)13-10-20-39-24-26-40-25-23-38-19-9-12-29(3)4/h14-17,28-30H,6-7,9-10,12-13,18-27H2,1-5H3,(H,35,37). The van der Waals surface area contributed by atoms with E-state index < -0.39 is 6.09 Å². The Morgan fingerprint density at radius 1 is 0.795 bits per heavy atom. The number of ketones is 1. The molecule has 1 atom stereocenters. The van der Waals surface area contributed by atoms with Crippen LogP contribution in [0.25, 0.3) is 0 Å². The molecular weight excluding hydrogens is 599 g/mol. The second-order valence-corrected chi connectivity index (χ2v) is 13.7. The molecule has 1 unspecified atom stereocenters. The van der Waals surface area contributed by atoms with Crippen LogP contribution in [0.5, 0.6) is 0 Å². The molecule has 44 heavy (non-hydrogen) atoms. The van der Waals surface area contributed by atoms with Gasteiger partial charge in [0.05, 0.1) is 39.6 Å². The van der Waals surface area contributed by atoms with Gasteiger partial charge in [-0.25, -0.2) is 4.79 Å². The molecule has 0 aliphatic carbocycles. The van der Waals surface area contributed by atoms with Gasteiger partial charge in [-0.2, -0.15) is 0 Å². The summed E-state index contributed by atoms with van der Waals surface area (Å²) in [6, 6.07) is 8.12. The molecule has 0 bridgehead atoms. The number of amides is 1. The topological polar surface area (TPSA) is 92.3 Å². The van der Waals surface area contributed by atoms with E-state index in [1.54, 1.807) is 21.6 Å². The van der Waals surface area contributed by atoms with E-state index in [4.69, 9.17) is 23.7 Å². The third-order valence-corrected chi connectivity index (χ3v) is 8.65. The molecule has 1 aromatic rings. The van der Waals surface area contributed by atoms with E-state index in [9.17, 15) is 9.59 Å². The van der Waals surface area contributed by atoms with Gasteiger partial charge in [-0.05, 0) is 62.6 Å². The minimum absolute atomic E-state index is 0.0252. The van der Waals surface area contributed by atoms with Crippen molar-refractivity contribution in [2.24, 2.45) is 11.8 Å². The molecular formula is C34H55NO7S2. The van der Waals surface area contributed by atoms with Crippen LogP contribution in [0, 0.1) is 23.7 Å². The van der Waals surface area contributed by atoms with E-state index in [1.165, 1.54) is 6.42 Å². The lowest BCUT2D eigenvalue weighted by Crippen LogP contribution is -2.25. The molecule has 0 spiro atoms. The largest absolute Gasteiger partial charge is 0.450 e. The van der Waals surface area contributed by atoms with Crippen LogP contribution in [0.15, 0.2) is 29.2 Å². The number of carbonyl (C=O) groups is 2. The van der Waals surface area contributed by atoms with Crippen LogP contribution in [0.3, 0.4) is 0 Å². The average molecular weight is 654 g/mol. The summed E-state index contributed by atoms with van der Waals surface area (Å²) in [5.41, 5.74) is 1.05. The molecule has 1 N–H and O–H groups in total. The summed E-state index contributed by atoms with van der Waals surface area (Å²) in [6.07, 6.45) is 5.08. The maximum atomic E-state index is 12.4. The first-order valence-electron chi connectivity index (χ1n) is 15.9. The lowest BCUT2D eigenvalue weighted by molar-refractivity contribution is -0.118. The predicted octanol–water partition coefficient (Wildman–Crippen LogP) is 7.33. The molecule has 0 aliphatic heterocycles. The summed E-state index contributed by atoms with van der Waals surface area (Å²) in [5, 5.41) is 2.62. The van der Waals surface area contributed by atoms with Crippen molar-refractivity contribution in [3.8, 4) is 11.8 Å². The maximum absolute atomic E-state index is 12.4. The highest BCUT2D eigenvalue weighted by atomic mass is 33.1. The molecule has 1 amide bonds. The van der Waals surface area contributed by atoms with Gasteiger partial charge in [0, 0.05) is 43.5 Å². The zero-order chi connectivity index (χ0) is 32.3. The molecule has 1 rings (SSSR count). The SMILES string of the molecule is CC(C)C#CCNC(=O)OCCCCOC(C)SSc1ccc(CC(=O)CCCOCCOCCOCCCC(C)C)cc1. The lowest BCUT2D eigenvalue weighted by Gasteiger charge is -2.12. The number of Topliss-reactive ketones (excluding diaryl/α,β-unsaturated/α-hetero) is 1. The highest BCUT2D eigenvalue weighted by Crippen LogP contribution is 2.35. The number of ether oxygens (including phenoxy) is 5. The smallest absolute Gasteiger partial charge is 0.407 e. The van der Waals surface area contributed by atoms with Crippen molar-refractivity contribution in [2.75, 3.05) is 59.4 Å². The van der Waals surface area contributed by atoms with Gasteiger partial charge in [0.1, 0.15) is 11.2 Å². The summed E-state index contributed by atoms with van der Waals surface area (Å²) in [5.74, 6) is 7.10. The second kappa shape index (κ2) is 27.6. The maximum Gasteiger partial charge on any atom is 0.407 e. The number of alkyl carbamates (subject to hydrolysis) is 1. The minimum Gasteiger partial charge on any atom is -0.450 e.